The van der Waals surface area contributed by atoms with Crippen LogP contribution in [0.5, 0.6) is 0 Å². The van der Waals surface area contributed by atoms with Crippen molar-refractivity contribution in [1.29, 1.82) is 10.5 Å². The maximum atomic E-state index is 11.6. The van der Waals surface area contributed by atoms with Crippen molar-refractivity contribution in [2.45, 2.75) is 57.1 Å². The number of benzene rings is 9. The Morgan fingerprint density at radius 2 is 0.844 bits per heavy atom. The summed E-state index contributed by atoms with van der Waals surface area (Å²) in [5, 5.41) is 52.1. The van der Waals surface area contributed by atoms with Crippen LogP contribution < -0.4 is 66.1 Å². The molecule has 0 bridgehead atoms. The Labute approximate surface area is 835 Å². The van der Waals surface area contributed by atoms with Gasteiger partial charge in [0.1, 0.15) is 45.4 Å². The number of guanidine groups is 2. The smallest absolute Gasteiger partial charge is 0.399 e. The number of nitriles is 2. The van der Waals surface area contributed by atoms with Crippen LogP contribution >= 0.6 is 11.3 Å². The number of carbonyl (C=O) groups is 10. The van der Waals surface area contributed by atoms with Gasteiger partial charge in [0, 0.05) is 98.0 Å². The molecule has 22 N–H and O–H groups in total. The Hall–Kier alpha value is -18.5. The quantitative estimate of drug-likeness (QED) is 0.0134. The number of nitro benzene ring substituents is 1. The first-order valence-corrected chi connectivity index (χ1v) is 48.4. The summed E-state index contributed by atoms with van der Waals surface area (Å²) in [4.78, 5) is 158. The van der Waals surface area contributed by atoms with Crippen molar-refractivity contribution in [3.8, 4) is 28.6 Å². The zero-order valence-electron chi connectivity index (χ0n) is 75.7. The minimum Gasteiger partial charge on any atom is -0.399 e. The highest BCUT2D eigenvalue weighted by molar-refractivity contribution is 7.87. The summed E-state index contributed by atoms with van der Waals surface area (Å²) in [6, 6.07) is 48.6. The molecule has 4 saturated heterocycles. The number of thiazole rings is 1. The van der Waals surface area contributed by atoms with Gasteiger partial charge in [-0.3, -0.25) is 122 Å². The minimum atomic E-state index is -4.61. The lowest BCUT2D eigenvalue weighted by Gasteiger charge is -2.30. The average molecular weight is 2170 g/mol. The lowest BCUT2D eigenvalue weighted by Crippen LogP contribution is -2.52. The third kappa shape index (κ3) is 38.8. The Bertz CT molecular complexity index is 7750. The van der Waals surface area contributed by atoms with E-state index in [1.54, 1.807) is 104 Å². The molecule has 11 aromatic rings. The van der Waals surface area contributed by atoms with Crippen molar-refractivity contribution < 1.29 is 140 Å². The van der Waals surface area contributed by atoms with Gasteiger partial charge in [0.25, 0.3) is 61.8 Å². The van der Waals surface area contributed by atoms with Crippen LogP contribution in [0.2, 0.25) is 0 Å². The molecule has 2 aromatic heterocycles. The van der Waals surface area contributed by atoms with E-state index >= 15 is 0 Å². The Morgan fingerprint density at radius 1 is 0.469 bits per heavy atom. The first-order chi connectivity index (χ1) is 68.6. The predicted molar refractivity (Wildman–Crippen MR) is 517 cm³/mol. The summed E-state index contributed by atoms with van der Waals surface area (Å²) in [5.74, 6) is -3.64. The lowest BCUT2D eigenvalue weighted by molar-refractivity contribution is -0.385. The number of nitrogens with one attached hydrogen (secondary N) is 7. The molecule has 6 heterocycles. The molecule has 15 rings (SSSR count). The fourth-order valence-corrected chi connectivity index (χ4v) is 15.6. The van der Waals surface area contributed by atoms with Crippen molar-refractivity contribution in [2.24, 2.45) is 20.2 Å². The SMILES string of the molecule is CN1C(=O)CC(=O)N(C)C1=NC#N.CN1C(=O)CC(=O)N(C)C1=O.Cc1ccc2nc(-c3ccc(N)cc3)sc2c1S(=O)(=O)O.N#CN=C1NC(=O)CC(=O)N1.Nc1ccc(N=Nc2ccc(S(=O)(=O)O)cc2)cc1.Nc1ccc(Nc2ccc(N)cc2S(=O)(=O)O)cc1.Nc1ccc(Nc2ccc([N+](=O)[O-])cc2S(=O)(=O)O)cc1.O=C1CC(=O)NC(=O)N1.O=C=O.O=S(=O)=O.O=c1cc[nH]n1-c1ccc(S(=O)(=O)O)cc1. The molecular formula is C82H79N25O33S7. The number of non-ortho nitro benzene ring substituents is 1. The lowest BCUT2D eigenvalue weighted by atomic mass is 10.2. The number of carbonyl (C=O) groups excluding carboxylic acids is 12. The molecule has 4 fully saturated rings. The molecule has 9 aromatic carbocycles. The second-order valence-electron chi connectivity index (χ2n) is 28.4. The highest BCUT2D eigenvalue weighted by Gasteiger charge is 2.34. The molecule has 58 nitrogen and oxygen atoms in total. The van der Waals surface area contributed by atoms with Gasteiger partial charge in [-0.25, -0.2) is 19.3 Å². The number of anilines is 9. The number of nitrogens with zero attached hydrogens (tertiary/aromatic N) is 13. The van der Waals surface area contributed by atoms with E-state index in [-0.39, 0.29) is 97.8 Å². The second-order valence-corrected chi connectivity index (χ2v) is 36.7. The number of azo groups is 1. The molecule has 12 amide bonds. The minimum absolute atomic E-state index is 0.0212. The van der Waals surface area contributed by atoms with Crippen molar-refractivity contribution in [3.05, 3.63) is 232 Å². The van der Waals surface area contributed by atoms with Crippen LogP contribution in [0.3, 0.4) is 0 Å². The van der Waals surface area contributed by atoms with Gasteiger partial charge in [0.15, 0.2) is 0 Å². The highest BCUT2D eigenvalue weighted by Crippen LogP contribution is 2.37. The highest BCUT2D eigenvalue weighted by atomic mass is 32.2. The number of amides is 12. The summed E-state index contributed by atoms with van der Waals surface area (Å²) in [7, 11) is -19.1. The number of aromatic amines is 1. The largest absolute Gasteiger partial charge is 0.425 e. The second kappa shape index (κ2) is 53.9. The maximum absolute atomic E-state index is 11.6. The van der Waals surface area contributed by atoms with Crippen LogP contribution in [0.15, 0.2) is 256 Å². The van der Waals surface area contributed by atoms with E-state index in [4.69, 9.17) is 70.5 Å². The molecule has 4 aliphatic heterocycles. The normalized spacial score (nSPS) is 13.1. The van der Waals surface area contributed by atoms with Crippen LogP contribution in [0.25, 0.3) is 26.5 Å². The van der Waals surface area contributed by atoms with Gasteiger partial charge >= 0.3 is 28.8 Å². The molecule has 0 spiro atoms. The third-order valence-electron chi connectivity index (χ3n) is 17.8. The molecule has 0 atom stereocenters. The number of hydrogen-bond donors (Lipinski definition) is 17. The molecular weight excluding hydrogens is 2090 g/mol. The van der Waals surface area contributed by atoms with Crippen LogP contribution in [0, 0.1) is 39.9 Å². The molecule has 0 radical (unpaired) electrons. The van der Waals surface area contributed by atoms with Gasteiger partial charge in [-0.1, -0.05) is 6.07 Å². The molecule has 0 saturated carbocycles. The van der Waals surface area contributed by atoms with Gasteiger partial charge in [0.05, 0.1) is 53.4 Å². The van der Waals surface area contributed by atoms with E-state index < -0.39 is 124 Å². The van der Waals surface area contributed by atoms with Gasteiger partial charge in [-0.2, -0.15) is 72.4 Å². The van der Waals surface area contributed by atoms with Crippen molar-refractivity contribution >= 4 is 228 Å². The van der Waals surface area contributed by atoms with Gasteiger partial charge in [-0.15, -0.1) is 33.9 Å². The summed E-state index contributed by atoms with van der Waals surface area (Å²) < 4.78 is 184. The summed E-state index contributed by atoms with van der Waals surface area (Å²) in [6.07, 6.45) is 3.84. The molecule has 772 valence electrons. The monoisotopic (exact) mass is 2170 g/mol. The van der Waals surface area contributed by atoms with Crippen LogP contribution in [-0.2, 0) is 109 Å². The number of urea groups is 2. The number of barbiturate groups is 2. The van der Waals surface area contributed by atoms with E-state index in [0.29, 0.717) is 72.0 Å². The Morgan fingerprint density at radius 3 is 1.22 bits per heavy atom. The number of hydrogen-bond acceptors (Lipinski definition) is 43. The summed E-state index contributed by atoms with van der Waals surface area (Å²) in [5.41, 5.74) is 34.7. The first-order valence-electron chi connectivity index (χ1n) is 39.4. The van der Waals surface area contributed by atoms with Gasteiger partial charge in [0.2, 0.25) is 71.6 Å². The number of nitro groups is 1. The van der Waals surface area contributed by atoms with Crippen LogP contribution in [-0.4, -0.2) is 222 Å². The van der Waals surface area contributed by atoms with Gasteiger partial charge in [-0.05, 0) is 188 Å². The Balaban J connectivity index is 0.000000292. The number of H-pyrrole nitrogens is 1. The van der Waals surface area contributed by atoms with Crippen molar-refractivity contribution in [2.75, 3.05) is 67.5 Å². The third-order valence-corrected chi connectivity index (χ3v) is 23.7. The fraction of sp³-hybridized carbons (Fsp3) is 0.110. The summed E-state index contributed by atoms with van der Waals surface area (Å²) >= 11 is 1.23. The molecule has 0 aliphatic carbocycles. The number of aliphatic imine (C=N–C) groups is 2. The molecule has 65 heteroatoms. The number of fused-ring (bicyclic) bond motifs is 1. The number of aryl methyl sites for hydroxylation is 1. The number of rotatable bonds is 14. The number of imide groups is 4. The molecule has 0 unspecified atom stereocenters. The van der Waals surface area contributed by atoms with E-state index in [9.17, 15) is 119 Å². The fourth-order valence-electron chi connectivity index (χ4n) is 11.0. The van der Waals surface area contributed by atoms with Crippen LogP contribution in [0.1, 0.15) is 31.2 Å². The molecule has 147 heavy (non-hydrogen) atoms. The number of nitrogen functional groups attached to an aromatic ring is 5. The van der Waals surface area contributed by atoms with Crippen LogP contribution in [0.4, 0.5) is 77.8 Å². The van der Waals surface area contributed by atoms with E-state index in [1.807, 2.05) is 22.8 Å². The number of aromatic nitrogens is 3. The van der Waals surface area contributed by atoms with E-state index in [0.717, 1.165) is 27.5 Å². The summed E-state index contributed by atoms with van der Waals surface area (Å²) in [6.45, 7) is 1.64. The van der Waals surface area contributed by atoms with Gasteiger partial charge < -0.3 is 39.3 Å². The topological polar surface area (TPSA) is 934 Å². The van der Waals surface area contributed by atoms with Crippen molar-refractivity contribution in [3.63, 3.8) is 0 Å². The Kier molecular flexibility index (Phi) is 43.6. The van der Waals surface area contributed by atoms with Crippen molar-refractivity contribution in [1.82, 2.24) is 55.6 Å². The zero-order valence-corrected chi connectivity index (χ0v) is 81.4. The van der Waals surface area contributed by atoms with E-state index in [1.165, 1.54) is 151 Å². The zero-order chi connectivity index (χ0) is 111. The maximum Gasteiger partial charge on any atom is 0.425 e. The number of nitrogens with two attached hydrogens (primary N) is 5. The van der Waals surface area contributed by atoms with E-state index in [2.05, 4.69) is 51.6 Å². The predicted octanol–water partition coefficient (Wildman–Crippen LogP) is 4.64. The first kappa shape index (κ1) is 119. The average Bonchev–Trinajstić information content (AvgIpc) is 1.63. The molecule has 4 aliphatic rings. The standard InChI is InChI=1S/C14H12N2O3S2.C12H11N3O5S.C12H13N3O3S.C12H11N3O3S.C9H8N2O4S.C7H8N4O2.C6H8N2O3.C5H4N4O2.C4H4N2O3.CO2.O3S/c1-8-2-7-11-12(13(8)21(17,18)19)20-14(16-11)9-3-5-10(15)6-4-9;13-8-1-3-9(4-2-8)14-11-6-5-10(15(16)17)7-12(11)21(18,19)20;13-8-1-4-10(5-2-8)15-11-6-3-9(14)7-12(11)19(16,17)18;13-9-1-3-10(4-2-9)14-15-11-5-7-12(8-6-11)19(16,17)18;12-9-5-6-10-11(9)7-1-3-8(4-2-7)16(13,14)15;1-10-5(12)3-6(13)11(2)7(10)9-4-8;1-7-4(9)3-5(10)8(2)6(7)11;6-2-7-5-8-3(10)1-4(11)9-5;7-2-1-3(8)6-4(9)5-2;2-1-3;1-4(2)3/h2-7H,15H2,1H3,(H,17,18,19);1-7,14H,13H2,(H,18,19,20);1-7,15H,13-14H2,(H,16,17,18);1-8H,13H2,(H,16,17,18);1-6,10H,(H,13,14,15);3H2,1-2H3;3H2,1-2H3;1H2,(H2,7,8,9,10,11);1H2,(H2,5,6,7,8,9);;.